The average Bonchev–Trinajstić information content (AvgIpc) is 2.75. The third kappa shape index (κ3) is 3.19. The molecule has 0 spiro atoms. The van der Waals surface area contributed by atoms with Crippen LogP contribution in [0.25, 0.3) is 0 Å². The molecule has 1 heterocycles. The Bertz CT molecular complexity index is 538. The lowest BCUT2D eigenvalue weighted by Crippen LogP contribution is -2.18. The van der Waals surface area contributed by atoms with Gasteiger partial charge in [0.05, 0.1) is 0 Å². The Hall–Kier alpha value is -0.710. The van der Waals surface area contributed by atoms with Gasteiger partial charge in [-0.25, -0.2) is 4.39 Å². The van der Waals surface area contributed by atoms with Gasteiger partial charge in [0.15, 0.2) is 0 Å². The van der Waals surface area contributed by atoms with Crippen molar-refractivity contribution in [3.05, 3.63) is 55.9 Å². The summed E-state index contributed by atoms with van der Waals surface area (Å²) in [6, 6.07) is 7.66. The van der Waals surface area contributed by atoms with Crippen LogP contribution in [0.1, 0.15) is 22.0 Å². The fourth-order valence-corrected chi connectivity index (χ4v) is 3.43. The zero-order chi connectivity index (χ0) is 13.1. The summed E-state index contributed by atoms with van der Waals surface area (Å²) in [5, 5.41) is 5.37. The predicted octanol–water partition coefficient (Wildman–Crippen LogP) is 4.46. The van der Waals surface area contributed by atoms with Crippen molar-refractivity contribution < 1.29 is 4.39 Å². The normalized spacial score (nSPS) is 12.7. The second kappa shape index (κ2) is 5.95. The number of benzene rings is 1. The minimum atomic E-state index is -0.146. The van der Waals surface area contributed by atoms with Crippen LogP contribution in [0.15, 0.2) is 34.1 Å². The van der Waals surface area contributed by atoms with E-state index in [1.165, 1.54) is 4.88 Å². The topological polar surface area (TPSA) is 12.0 Å². The number of aryl methyl sites for hydroxylation is 1. The number of rotatable bonds is 4. The molecular weight excluding hydrogens is 313 g/mol. The van der Waals surface area contributed by atoms with Gasteiger partial charge < -0.3 is 5.32 Å². The molecule has 0 aliphatic carbocycles. The summed E-state index contributed by atoms with van der Waals surface area (Å²) in [5.74, 6) is -0.146. The molecule has 0 aliphatic heterocycles. The lowest BCUT2D eigenvalue weighted by Gasteiger charge is -2.16. The van der Waals surface area contributed by atoms with Gasteiger partial charge in [-0.15, -0.1) is 11.3 Å². The molecule has 4 heteroatoms. The quantitative estimate of drug-likeness (QED) is 0.874. The highest BCUT2D eigenvalue weighted by Crippen LogP contribution is 2.26. The molecule has 0 bridgehead atoms. The first-order valence-electron chi connectivity index (χ1n) is 5.76. The lowest BCUT2D eigenvalue weighted by molar-refractivity contribution is 0.586. The average molecular weight is 328 g/mol. The Labute approximate surface area is 119 Å². The lowest BCUT2D eigenvalue weighted by atomic mass is 10.0. The second-order valence-electron chi connectivity index (χ2n) is 4.29. The fraction of sp³-hybridized carbons (Fsp3) is 0.286. The molecule has 0 saturated heterocycles. The van der Waals surface area contributed by atoms with Gasteiger partial charge in [-0.1, -0.05) is 12.1 Å². The van der Waals surface area contributed by atoms with Crippen LogP contribution in [0.3, 0.4) is 0 Å². The number of hydrogen-bond donors (Lipinski definition) is 1. The van der Waals surface area contributed by atoms with E-state index in [-0.39, 0.29) is 11.9 Å². The van der Waals surface area contributed by atoms with Crippen molar-refractivity contribution in [1.82, 2.24) is 5.32 Å². The summed E-state index contributed by atoms with van der Waals surface area (Å²) < 4.78 is 14.4. The van der Waals surface area contributed by atoms with Crippen LogP contribution in [0.2, 0.25) is 0 Å². The van der Waals surface area contributed by atoms with Gasteiger partial charge in [0.2, 0.25) is 0 Å². The van der Waals surface area contributed by atoms with Crippen LogP contribution >= 0.6 is 27.3 Å². The van der Waals surface area contributed by atoms with Crippen molar-refractivity contribution in [3.8, 4) is 0 Å². The summed E-state index contributed by atoms with van der Waals surface area (Å²) >= 11 is 5.20. The molecule has 18 heavy (non-hydrogen) atoms. The Morgan fingerprint density at radius 2 is 2.17 bits per heavy atom. The zero-order valence-electron chi connectivity index (χ0n) is 10.3. The van der Waals surface area contributed by atoms with E-state index in [0.29, 0.717) is 5.56 Å². The minimum Gasteiger partial charge on any atom is -0.313 e. The van der Waals surface area contributed by atoms with Crippen molar-refractivity contribution in [2.75, 3.05) is 7.05 Å². The fourth-order valence-electron chi connectivity index (χ4n) is 1.93. The van der Waals surface area contributed by atoms with Gasteiger partial charge in [0, 0.05) is 27.2 Å². The maximum atomic E-state index is 13.3. The highest BCUT2D eigenvalue weighted by atomic mass is 79.9. The summed E-state index contributed by atoms with van der Waals surface area (Å²) in [6.45, 7) is 1.80. The van der Waals surface area contributed by atoms with Gasteiger partial charge in [-0.3, -0.25) is 0 Å². The van der Waals surface area contributed by atoms with E-state index in [1.807, 2.05) is 19.2 Å². The van der Waals surface area contributed by atoms with Gasteiger partial charge >= 0.3 is 0 Å². The molecule has 2 aromatic rings. The van der Waals surface area contributed by atoms with Crippen molar-refractivity contribution in [2.24, 2.45) is 0 Å². The number of nitrogens with one attached hydrogen (secondary N) is 1. The molecule has 0 radical (unpaired) electrons. The van der Waals surface area contributed by atoms with E-state index in [4.69, 9.17) is 0 Å². The monoisotopic (exact) mass is 327 g/mol. The Balaban J connectivity index is 2.19. The molecule has 1 unspecified atom stereocenters. The first-order chi connectivity index (χ1) is 8.60. The van der Waals surface area contributed by atoms with Crippen LogP contribution in [0.5, 0.6) is 0 Å². The summed E-state index contributed by atoms with van der Waals surface area (Å²) in [5.41, 5.74) is 1.82. The highest BCUT2D eigenvalue weighted by molar-refractivity contribution is 9.10. The molecule has 0 amide bonds. The van der Waals surface area contributed by atoms with Crippen LogP contribution in [-0.4, -0.2) is 7.05 Å². The SMILES string of the molecule is CNC(Cc1cc(Br)cs1)c1ccc(F)c(C)c1. The maximum Gasteiger partial charge on any atom is 0.126 e. The largest absolute Gasteiger partial charge is 0.313 e. The molecule has 1 aromatic carbocycles. The van der Waals surface area contributed by atoms with E-state index in [9.17, 15) is 4.39 Å². The number of halogens is 2. The Kier molecular flexibility index (Phi) is 4.54. The van der Waals surface area contributed by atoms with Crippen molar-refractivity contribution in [1.29, 1.82) is 0 Å². The molecular formula is C14H15BrFNS. The molecule has 0 fully saturated rings. The first kappa shape index (κ1) is 13.7. The van der Waals surface area contributed by atoms with E-state index in [1.54, 1.807) is 24.3 Å². The molecule has 0 aliphatic rings. The van der Waals surface area contributed by atoms with Gasteiger partial charge in [0.1, 0.15) is 5.82 Å². The predicted molar refractivity (Wildman–Crippen MR) is 78.7 cm³/mol. The maximum absolute atomic E-state index is 13.3. The van der Waals surface area contributed by atoms with Crippen LogP contribution in [-0.2, 0) is 6.42 Å². The molecule has 0 saturated carbocycles. The molecule has 1 atom stereocenters. The van der Waals surface area contributed by atoms with Crippen molar-refractivity contribution in [2.45, 2.75) is 19.4 Å². The highest BCUT2D eigenvalue weighted by Gasteiger charge is 2.12. The smallest absolute Gasteiger partial charge is 0.126 e. The van der Waals surface area contributed by atoms with E-state index < -0.39 is 0 Å². The number of hydrogen-bond acceptors (Lipinski definition) is 2. The van der Waals surface area contributed by atoms with Crippen molar-refractivity contribution >= 4 is 27.3 Å². The zero-order valence-corrected chi connectivity index (χ0v) is 12.7. The molecule has 1 N–H and O–H groups in total. The van der Waals surface area contributed by atoms with E-state index in [2.05, 4.69) is 32.7 Å². The Morgan fingerprint density at radius 1 is 1.39 bits per heavy atom. The summed E-state index contributed by atoms with van der Waals surface area (Å²) in [7, 11) is 1.94. The standard InChI is InChI=1S/C14H15BrFNS/c1-9-5-10(3-4-13(9)16)14(17-2)7-12-6-11(15)8-18-12/h3-6,8,14,17H,7H2,1-2H3. The van der Waals surface area contributed by atoms with Gasteiger partial charge in [0.25, 0.3) is 0 Å². The molecule has 96 valence electrons. The van der Waals surface area contributed by atoms with Gasteiger partial charge in [-0.05, 0) is 53.2 Å². The van der Waals surface area contributed by atoms with Crippen LogP contribution < -0.4 is 5.32 Å². The third-order valence-electron chi connectivity index (χ3n) is 2.96. The molecule has 1 nitrogen and oxygen atoms in total. The van der Waals surface area contributed by atoms with E-state index >= 15 is 0 Å². The summed E-state index contributed by atoms with van der Waals surface area (Å²) in [4.78, 5) is 1.31. The molecule has 1 aromatic heterocycles. The van der Waals surface area contributed by atoms with Crippen molar-refractivity contribution in [3.63, 3.8) is 0 Å². The first-order valence-corrected chi connectivity index (χ1v) is 7.43. The van der Waals surface area contributed by atoms with Crippen LogP contribution in [0.4, 0.5) is 4.39 Å². The second-order valence-corrected chi connectivity index (χ2v) is 6.20. The summed E-state index contributed by atoms with van der Waals surface area (Å²) in [6.07, 6.45) is 0.915. The van der Waals surface area contributed by atoms with Gasteiger partial charge in [-0.2, -0.15) is 0 Å². The Morgan fingerprint density at radius 3 is 2.72 bits per heavy atom. The number of thiophene rings is 1. The number of likely N-dealkylation sites (N-methyl/N-ethyl adjacent to an activating group) is 1. The van der Waals surface area contributed by atoms with E-state index in [0.717, 1.165) is 16.5 Å². The third-order valence-corrected chi connectivity index (χ3v) is 4.68. The van der Waals surface area contributed by atoms with Crippen LogP contribution in [0, 0.1) is 12.7 Å². The molecule has 2 rings (SSSR count). The minimum absolute atomic E-state index is 0.146.